The van der Waals surface area contributed by atoms with Crippen LogP contribution in [0, 0.1) is 5.92 Å². The number of methoxy groups -OCH3 is 1. The van der Waals surface area contributed by atoms with Crippen molar-refractivity contribution in [1.82, 2.24) is 4.90 Å². The summed E-state index contributed by atoms with van der Waals surface area (Å²) in [5.41, 5.74) is 7.56. The van der Waals surface area contributed by atoms with Crippen LogP contribution in [0.3, 0.4) is 0 Å². The van der Waals surface area contributed by atoms with Crippen molar-refractivity contribution in [1.29, 1.82) is 0 Å². The number of rotatable bonds is 5. The van der Waals surface area contributed by atoms with E-state index in [0.717, 1.165) is 0 Å². The number of primary amides is 1. The number of hydrogen-bond acceptors (Lipinski definition) is 10. The van der Waals surface area contributed by atoms with E-state index in [4.69, 9.17) is 16.2 Å². The lowest BCUT2D eigenvalue weighted by molar-refractivity contribution is -0.150. The predicted molar refractivity (Wildman–Crippen MR) is 143 cm³/mol. The monoisotopic (exact) mass is 549 g/mol. The van der Waals surface area contributed by atoms with Crippen LogP contribution in [0.1, 0.15) is 27.9 Å². The van der Waals surface area contributed by atoms with Crippen LogP contribution in [0.2, 0.25) is 0 Å². The summed E-state index contributed by atoms with van der Waals surface area (Å²) in [7, 11) is 4.81. The molecule has 0 radical (unpaired) electrons. The van der Waals surface area contributed by atoms with Gasteiger partial charge in [0.15, 0.2) is 11.4 Å². The number of carbonyl (C=O) groups is 3. The van der Waals surface area contributed by atoms with E-state index in [1.165, 1.54) is 19.3 Å². The number of Topliss-reactive ketones (excluding diaryl/α,β-unsaturated/α-hetero) is 2. The smallest absolute Gasteiger partial charge is 0.252 e. The maximum absolute atomic E-state index is 13.9. The van der Waals surface area contributed by atoms with Crippen LogP contribution >= 0.6 is 0 Å². The van der Waals surface area contributed by atoms with Crippen molar-refractivity contribution in [2.45, 2.75) is 36.6 Å². The number of ketones is 2. The van der Waals surface area contributed by atoms with Crippen LogP contribution in [-0.4, -0.2) is 81.2 Å². The van der Waals surface area contributed by atoms with Crippen molar-refractivity contribution in [3.05, 3.63) is 70.0 Å². The molecule has 0 aromatic heterocycles. The van der Waals surface area contributed by atoms with Gasteiger partial charge in [0.25, 0.3) is 5.91 Å². The summed E-state index contributed by atoms with van der Waals surface area (Å²) in [6.07, 6.45) is 0.790. The largest absolute Gasteiger partial charge is 0.508 e. The Morgan fingerprint density at radius 2 is 1.85 bits per heavy atom. The van der Waals surface area contributed by atoms with E-state index in [1.54, 1.807) is 43.3 Å². The van der Waals surface area contributed by atoms with Crippen molar-refractivity contribution < 1.29 is 39.5 Å². The van der Waals surface area contributed by atoms with Crippen molar-refractivity contribution in [2.75, 3.05) is 21.2 Å². The van der Waals surface area contributed by atoms with E-state index in [9.17, 15) is 34.8 Å². The molecule has 3 aliphatic carbocycles. The summed E-state index contributed by atoms with van der Waals surface area (Å²) in [5, 5.41) is 45.9. The second-order valence-electron chi connectivity index (χ2n) is 10.8. The van der Waals surface area contributed by atoms with Crippen molar-refractivity contribution in [3.8, 4) is 22.6 Å². The third-order valence-electron chi connectivity index (χ3n) is 8.39. The molecule has 0 spiro atoms. The normalized spacial score (nSPS) is 27.6. The predicted octanol–water partition coefficient (Wildman–Crippen LogP) is 0.484. The lowest BCUT2D eigenvalue weighted by atomic mass is 9.57. The molecular formula is C29H31N3O8. The Bertz CT molecular complexity index is 1540. The van der Waals surface area contributed by atoms with E-state index in [0.29, 0.717) is 28.0 Å². The first kappa shape index (κ1) is 27.5. The Hall–Kier alpha value is -4.03. The van der Waals surface area contributed by atoms with E-state index in [-0.39, 0.29) is 24.9 Å². The molecule has 210 valence electrons. The Labute approximate surface area is 230 Å². The summed E-state index contributed by atoms with van der Waals surface area (Å²) < 4.78 is 5.36. The average molecular weight is 550 g/mol. The van der Waals surface area contributed by atoms with Gasteiger partial charge < -0.3 is 41.5 Å². The van der Waals surface area contributed by atoms with Gasteiger partial charge in [-0.25, -0.2) is 0 Å². The lowest BCUT2D eigenvalue weighted by Crippen LogP contribution is -2.65. The van der Waals surface area contributed by atoms with Crippen LogP contribution in [0.4, 0.5) is 0 Å². The molecule has 0 fully saturated rings. The second-order valence-corrected chi connectivity index (χ2v) is 10.8. The van der Waals surface area contributed by atoms with E-state index < -0.39 is 63.3 Å². The molecule has 8 N–H and O–H groups in total. The van der Waals surface area contributed by atoms with E-state index in [2.05, 4.69) is 0 Å². The van der Waals surface area contributed by atoms with Gasteiger partial charge in [0.05, 0.1) is 23.8 Å². The minimum absolute atomic E-state index is 0.172. The number of amides is 1. The molecule has 0 saturated carbocycles. The van der Waals surface area contributed by atoms with Crippen LogP contribution in [0.5, 0.6) is 11.5 Å². The summed E-state index contributed by atoms with van der Waals surface area (Å²) in [4.78, 5) is 41.0. The molecule has 4 atom stereocenters. The Balaban J connectivity index is 1.74. The zero-order valence-corrected chi connectivity index (χ0v) is 22.3. The maximum Gasteiger partial charge on any atom is 0.252 e. The Morgan fingerprint density at radius 1 is 1.15 bits per heavy atom. The van der Waals surface area contributed by atoms with Gasteiger partial charge in [0.1, 0.15) is 22.9 Å². The van der Waals surface area contributed by atoms with Crippen molar-refractivity contribution in [2.24, 2.45) is 17.4 Å². The molecule has 3 aliphatic rings. The zero-order chi connectivity index (χ0) is 29.3. The quantitative estimate of drug-likeness (QED) is 0.285. The van der Waals surface area contributed by atoms with Gasteiger partial charge in [-0.15, -0.1) is 0 Å². The maximum atomic E-state index is 13.9. The highest BCUT2D eigenvalue weighted by atomic mass is 16.5. The molecule has 0 bridgehead atoms. The van der Waals surface area contributed by atoms with E-state index in [1.807, 2.05) is 0 Å². The number of phenolic OH excluding ortho intramolecular Hbond substituents is 1. The number of carbonyl (C=O) groups excluding carboxylic acids is 3. The molecule has 2 aromatic carbocycles. The topological polar surface area (TPSA) is 197 Å². The summed E-state index contributed by atoms with van der Waals surface area (Å²) >= 11 is 0. The molecule has 0 heterocycles. The van der Waals surface area contributed by atoms with Crippen LogP contribution < -0.4 is 16.2 Å². The van der Waals surface area contributed by atoms with Gasteiger partial charge >= 0.3 is 0 Å². The van der Waals surface area contributed by atoms with Crippen molar-refractivity contribution in [3.63, 3.8) is 0 Å². The SMILES string of the molecule is COc1ccc(-c2ccc(O)c3c2C[C@@]2(O)C[C@H]4[C@H](N(C)C)C=C(C(N)=O)C(=O)[C@@]4(O)C(O)=C2C3=O)cc1CN. The molecule has 1 amide bonds. The number of ether oxygens (including phenoxy) is 1. The molecule has 0 saturated heterocycles. The minimum atomic E-state index is -2.69. The first-order valence-corrected chi connectivity index (χ1v) is 12.7. The van der Waals surface area contributed by atoms with Gasteiger partial charge in [0, 0.05) is 30.5 Å². The Morgan fingerprint density at radius 3 is 2.45 bits per heavy atom. The van der Waals surface area contributed by atoms with Crippen LogP contribution in [0.25, 0.3) is 11.1 Å². The highest BCUT2D eigenvalue weighted by molar-refractivity contribution is 6.24. The molecule has 11 heteroatoms. The number of nitrogens with two attached hydrogens (primary N) is 2. The molecule has 5 rings (SSSR count). The van der Waals surface area contributed by atoms with E-state index >= 15 is 0 Å². The zero-order valence-electron chi connectivity index (χ0n) is 22.3. The van der Waals surface area contributed by atoms with Gasteiger partial charge in [0.2, 0.25) is 5.78 Å². The number of hydrogen-bond donors (Lipinski definition) is 6. The Kier molecular flexibility index (Phi) is 6.38. The number of aliphatic hydroxyl groups is 3. The molecule has 0 unspecified atom stereocenters. The highest BCUT2D eigenvalue weighted by Gasteiger charge is 2.64. The molecule has 11 nitrogen and oxygen atoms in total. The van der Waals surface area contributed by atoms with Gasteiger partial charge in [-0.3, -0.25) is 14.4 Å². The second kappa shape index (κ2) is 9.27. The molecule has 40 heavy (non-hydrogen) atoms. The standard InChI is InChI=1S/C29H31N3O8/c1-32(2)19-9-16(27(31)37)25(35)29(39)18(19)11-28(38)10-17-15(13-4-7-21(40-3)14(8-13)12-30)5-6-20(33)22(17)24(34)23(28)26(29)36/h4-9,18-19,33,36,38-39H,10-12,30H2,1-3H3,(H2,31,37)/t18-,19+,28+,29+/m0/s1. The lowest BCUT2D eigenvalue weighted by Gasteiger charge is -2.52. The fourth-order valence-corrected chi connectivity index (χ4v) is 6.46. The number of nitrogens with zero attached hydrogens (tertiary/aromatic N) is 1. The number of aromatic hydroxyl groups is 1. The minimum Gasteiger partial charge on any atom is -0.508 e. The summed E-state index contributed by atoms with van der Waals surface area (Å²) in [6, 6.07) is 7.43. The van der Waals surface area contributed by atoms with Gasteiger partial charge in [-0.05, 0) is 55.4 Å². The first-order chi connectivity index (χ1) is 18.8. The van der Waals surface area contributed by atoms with Crippen LogP contribution in [-0.2, 0) is 22.6 Å². The third-order valence-corrected chi connectivity index (χ3v) is 8.39. The number of aliphatic hydroxyl groups excluding tert-OH is 1. The molecule has 2 aromatic rings. The highest BCUT2D eigenvalue weighted by Crippen LogP contribution is 2.54. The van der Waals surface area contributed by atoms with Crippen LogP contribution in [0.15, 0.2) is 53.3 Å². The van der Waals surface area contributed by atoms with Gasteiger partial charge in [-0.2, -0.15) is 0 Å². The number of phenols is 1. The molecular weight excluding hydrogens is 518 g/mol. The fourth-order valence-electron chi connectivity index (χ4n) is 6.46. The molecule has 0 aliphatic heterocycles. The fraction of sp³-hybridized carbons (Fsp3) is 0.345. The third kappa shape index (κ3) is 3.69. The first-order valence-electron chi connectivity index (χ1n) is 12.7. The van der Waals surface area contributed by atoms with Crippen molar-refractivity contribution >= 4 is 17.5 Å². The van der Waals surface area contributed by atoms with Gasteiger partial charge in [-0.1, -0.05) is 18.2 Å². The summed E-state index contributed by atoms with van der Waals surface area (Å²) in [5.74, 6) is -5.19. The summed E-state index contributed by atoms with van der Waals surface area (Å²) in [6.45, 7) is 0.182. The average Bonchev–Trinajstić information content (AvgIpc) is 2.89. The number of fused-ring (bicyclic) bond motifs is 3. The number of benzene rings is 2. The number of likely N-dealkylation sites (N-methyl/N-ethyl adjacent to an activating group) is 1.